The zero-order chi connectivity index (χ0) is 55.8. The number of carbonyl (C=O) groups excluding carboxylic acids is 5. The van der Waals surface area contributed by atoms with E-state index in [1.807, 2.05) is 87.5 Å². The number of halogens is 1. The minimum atomic E-state index is -0.942. The van der Waals surface area contributed by atoms with Gasteiger partial charge in [-0.05, 0) is 48.9 Å². The maximum Gasteiger partial charge on any atom is 0.267 e. The summed E-state index contributed by atoms with van der Waals surface area (Å²) in [6, 6.07) is 13.3. The number of anilines is 4. The van der Waals surface area contributed by atoms with Gasteiger partial charge >= 0.3 is 0 Å². The van der Waals surface area contributed by atoms with Crippen molar-refractivity contribution >= 4 is 86.3 Å². The smallest absolute Gasteiger partial charge is 0.267 e. The molecule has 3 aromatic heterocycles. The van der Waals surface area contributed by atoms with Crippen LogP contribution in [0, 0.1) is 26.2 Å². The molecule has 2 aliphatic heterocycles. The number of aliphatic hydroxyl groups excluding tert-OH is 1. The van der Waals surface area contributed by atoms with Crippen molar-refractivity contribution in [1.29, 1.82) is 0 Å². The van der Waals surface area contributed by atoms with Crippen LogP contribution in [0.15, 0.2) is 60.2 Å². The first-order chi connectivity index (χ1) is 37.4. The van der Waals surface area contributed by atoms with Gasteiger partial charge in [0.15, 0.2) is 5.13 Å². The average molecular weight is 1130 g/mol. The molecule has 5 aromatic rings. The van der Waals surface area contributed by atoms with E-state index in [0.29, 0.717) is 91.6 Å². The Morgan fingerprint density at radius 3 is 2.15 bits per heavy atom. The fourth-order valence-electron chi connectivity index (χ4n) is 8.73. The number of likely N-dealkylation sites (tertiary alicyclic amines) is 1. The zero-order valence-corrected chi connectivity index (χ0v) is 47.4. The maximum atomic E-state index is 14.0. The van der Waals surface area contributed by atoms with E-state index in [-0.39, 0.29) is 75.8 Å². The number of hydrogen-bond donors (Lipinski definition) is 5. The Labute approximate surface area is 467 Å². The van der Waals surface area contributed by atoms with E-state index in [1.54, 1.807) is 24.3 Å². The Morgan fingerprint density at radius 1 is 0.846 bits per heavy atom. The zero-order valence-electron chi connectivity index (χ0n) is 45.0. The molecule has 2 fully saturated rings. The molecule has 5 heterocycles. The van der Waals surface area contributed by atoms with Gasteiger partial charge in [0.2, 0.25) is 23.6 Å². The lowest BCUT2D eigenvalue weighted by molar-refractivity contribution is -0.144. The summed E-state index contributed by atoms with van der Waals surface area (Å²) in [5.41, 5.74) is 5.43. The van der Waals surface area contributed by atoms with Crippen LogP contribution in [0.2, 0.25) is 5.02 Å². The van der Waals surface area contributed by atoms with Gasteiger partial charge < -0.3 is 60.0 Å². The van der Waals surface area contributed by atoms with E-state index in [4.69, 9.17) is 30.5 Å². The molecule has 21 nitrogen and oxygen atoms in total. The number of rotatable bonds is 26. The van der Waals surface area contributed by atoms with Gasteiger partial charge in [-0.15, -0.1) is 11.3 Å². The van der Waals surface area contributed by atoms with Crippen LogP contribution in [0.25, 0.3) is 10.4 Å². The largest absolute Gasteiger partial charge is 0.391 e. The summed E-state index contributed by atoms with van der Waals surface area (Å²) in [5, 5.41) is 23.4. The number of aromatic nitrogens is 4. The second kappa shape index (κ2) is 28.6. The summed E-state index contributed by atoms with van der Waals surface area (Å²) in [6.45, 7) is 15.9. The third kappa shape index (κ3) is 17.2. The summed E-state index contributed by atoms with van der Waals surface area (Å²) < 4.78 is 22.5. The molecular weight excluding hydrogens is 1060 g/mol. The first-order valence-corrected chi connectivity index (χ1v) is 28.0. The number of amides is 5. The Kier molecular flexibility index (Phi) is 21.8. The molecule has 420 valence electrons. The Morgan fingerprint density at radius 2 is 1.51 bits per heavy atom. The number of ether oxygens (including phenoxy) is 4. The molecular formula is C54H70ClN11O10S2. The topological polar surface area (TPSA) is 252 Å². The SMILES string of the molecule is Cc1nc(Nc2ncc(C(=O)Nc3c(C)cccc3Cl)s2)cc(N2CCN(C(=O)CCOCCOCCOCCOCCC(=O)NC(C(=O)N3C[C@H](O)C[C@H]3C(=O)NCc3ccc(-c4scnc4C)cc3)C(C)(C)C)CC2)n1. The highest BCUT2D eigenvalue weighted by atomic mass is 35.5. The summed E-state index contributed by atoms with van der Waals surface area (Å²) in [4.78, 5) is 91.0. The summed E-state index contributed by atoms with van der Waals surface area (Å²) in [5.74, 6) is 0.344. The fraction of sp³-hybridized carbons (Fsp3) is 0.500. The second-order valence-corrected chi connectivity index (χ2v) is 22.3. The number of aliphatic hydroxyl groups is 1. The van der Waals surface area contributed by atoms with Gasteiger partial charge in [0.05, 0.1) is 98.4 Å². The predicted octanol–water partition coefficient (Wildman–Crippen LogP) is 5.94. The number of piperazine rings is 1. The average Bonchev–Trinajstić information content (AvgIpc) is 4.22. The predicted molar refractivity (Wildman–Crippen MR) is 299 cm³/mol. The molecule has 0 radical (unpaired) electrons. The molecule has 24 heteroatoms. The molecule has 0 aliphatic carbocycles. The number of β-amino-alcohol motifs (C(OH)–C–C–N with tert-alkyl or cyclic N) is 1. The molecule has 3 atom stereocenters. The third-order valence-electron chi connectivity index (χ3n) is 13.0. The molecule has 78 heavy (non-hydrogen) atoms. The molecule has 5 N–H and O–H groups in total. The molecule has 2 saturated heterocycles. The lowest BCUT2D eigenvalue weighted by Crippen LogP contribution is -2.57. The second-order valence-electron chi connectivity index (χ2n) is 20.0. The minimum Gasteiger partial charge on any atom is -0.391 e. The lowest BCUT2D eigenvalue weighted by Gasteiger charge is -2.35. The van der Waals surface area contributed by atoms with Gasteiger partial charge in [0, 0.05) is 58.2 Å². The lowest BCUT2D eigenvalue weighted by atomic mass is 9.85. The normalized spacial score (nSPS) is 16.0. The molecule has 5 amide bonds. The highest BCUT2D eigenvalue weighted by molar-refractivity contribution is 7.17. The number of carbonyl (C=O) groups is 5. The maximum absolute atomic E-state index is 14.0. The standard InChI is InChI=1S/C54H70ClN11O10S2/c1-34-8-7-9-40(55)47(34)63-51(71)42-31-57-53(78-42)61-43-29-44(60-36(3)59-43)64-16-18-65(19-17-64)46(69)15-21-74-23-25-76-27-26-75-24-22-73-20-14-45(68)62-49(54(4,5)6)52(72)66-32-39(67)28-41(66)50(70)56-30-37-10-12-38(13-11-37)48-35(2)58-33-77-48/h7-13,29,31,33,39,41,49,67H,14-28,30,32H2,1-6H3,(H,56,70)(H,62,68)(H,63,71)(H,57,59,60,61)/t39-,41+,49?/m1/s1. The third-order valence-corrected chi connectivity index (χ3v) is 15.2. The van der Waals surface area contributed by atoms with E-state index in [9.17, 15) is 29.1 Å². The molecule has 2 aromatic carbocycles. The van der Waals surface area contributed by atoms with Crippen molar-refractivity contribution in [3.63, 3.8) is 0 Å². The first-order valence-electron chi connectivity index (χ1n) is 26.0. The number of aryl methyl sites for hydroxylation is 3. The van der Waals surface area contributed by atoms with Crippen molar-refractivity contribution in [2.24, 2.45) is 5.41 Å². The number of para-hydroxylation sites is 1. The Bertz CT molecular complexity index is 2800. The number of thiazole rings is 2. The van der Waals surface area contributed by atoms with E-state index in [2.05, 4.69) is 46.1 Å². The van der Waals surface area contributed by atoms with Gasteiger partial charge in [0.1, 0.15) is 34.4 Å². The van der Waals surface area contributed by atoms with Crippen LogP contribution in [0.3, 0.4) is 0 Å². The van der Waals surface area contributed by atoms with Crippen LogP contribution >= 0.6 is 34.3 Å². The minimum absolute atomic E-state index is 0.0114. The number of nitrogens with one attached hydrogen (secondary N) is 4. The summed E-state index contributed by atoms with van der Waals surface area (Å²) in [6.07, 6.45) is 0.990. The van der Waals surface area contributed by atoms with Crippen LogP contribution in [0.5, 0.6) is 0 Å². The van der Waals surface area contributed by atoms with E-state index >= 15 is 0 Å². The van der Waals surface area contributed by atoms with Crippen molar-refractivity contribution in [2.75, 3.05) is 101 Å². The fourth-order valence-corrected chi connectivity index (χ4v) is 10.5. The van der Waals surface area contributed by atoms with Crippen molar-refractivity contribution in [1.82, 2.24) is 40.4 Å². The van der Waals surface area contributed by atoms with Gasteiger partial charge in [0.25, 0.3) is 5.91 Å². The highest BCUT2D eigenvalue weighted by Gasteiger charge is 2.44. The number of nitrogens with zero attached hydrogens (tertiary/aromatic N) is 7. The summed E-state index contributed by atoms with van der Waals surface area (Å²) in [7, 11) is 0. The molecule has 0 spiro atoms. The van der Waals surface area contributed by atoms with Crippen LogP contribution in [0.4, 0.5) is 22.5 Å². The van der Waals surface area contributed by atoms with Crippen molar-refractivity contribution in [3.05, 3.63) is 92.8 Å². The van der Waals surface area contributed by atoms with Gasteiger partial charge in [-0.25, -0.2) is 19.9 Å². The van der Waals surface area contributed by atoms with Crippen molar-refractivity contribution in [2.45, 2.75) is 85.5 Å². The highest BCUT2D eigenvalue weighted by Crippen LogP contribution is 2.31. The van der Waals surface area contributed by atoms with Gasteiger partial charge in [-0.3, -0.25) is 24.0 Å². The number of hydrogen-bond acceptors (Lipinski definition) is 18. The Balaban J connectivity index is 0.703. The molecule has 7 rings (SSSR count). The quantitative estimate of drug-likeness (QED) is 0.0402. The Hall–Kier alpha value is -6.18. The molecule has 0 bridgehead atoms. The van der Waals surface area contributed by atoms with Crippen LogP contribution in [0.1, 0.15) is 72.4 Å². The molecule has 1 unspecified atom stereocenters. The van der Waals surface area contributed by atoms with E-state index < -0.39 is 29.5 Å². The molecule has 0 saturated carbocycles. The van der Waals surface area contributed by atoms with Crippen molar-refractivity contribution < 1.29 is 48.0 Å². The van der Waals surface area contributed by atoms with Gasteiger partial charge in [-0.1, -0.05) is 80.1 Å². The van der Waals surface area contributed by atoms with Crippen LogP contribution in [-0.4, -0.2) is 168 Å². The number of benzene rings is 2. The van der Waals surface area contributed by atoms with Crippen molar-refractivity contribution in [3.8, 4) is 10.4 Å². The van der Waals surface area contributed by atoms with E-state index in [1.165, 1.54) is 22.4 Å². The first kappa shape index (κ1) is 59.5. The van der Waals surface area contributed by atoms with E-state index in [0.717, 1.165) is 33.1 Å². The monoisotopic (exact) mass is 1130 g/mol. The van der Waals surface area contributed by atoms with Crippen LogP contribution < -0.4 is 26.2 Å². The molecule has 2 aliphatic rings. The van der Waals surface area contributed by atoms with Gasteiger partial charge in [-0.2, -0.15) is 0 Å². The summed E-state index contributed by atoms with van der Waals surface area (Å²) >= 11 is 9.06. The van der Waals surface area contributed by atoms with Crippen LogP contribution in [-0.2, 0) is 44.7 Å².